The quantitative estimate of drug-likeness (QED) is 0.408. The fourth-order valence-electron chi connectivity index (χ4n) is 0.490. The third-order valence-corrected chi connectivity index (χ3v) is 3.94. The summed E-state index contributed by atoms with van der Waals surface area (Å²) in [7, 11) is 0.313. The first kappa shape index (κ1) is 4.33. The van der Waals surface area contributed by atoms with Gasteiger partial charge in [0, 0.05) is 5.66 Å². The highest BCUT2D eigenvalue weighted by Gasteiger charge is 2.32. The number of hydrogen-bond donors (Lipinski definition) is 0. The van der Waals surface area contributed by atoms with Crippen molar-refractivity contribution in [1.29, 1.82) is 0 Å². The lowest BCUT2D eigenvalue weighted by Gasteiger charge is -1.66. The lowest BCUT2D eigenvalue weighted by atomic mass is 10.5. The van der Waals surface area contributed by atoms with Crippen LogP contribution in [0.5, 0.6) is 0 Å². The summed E-state index contributed by atoms with van der Waals surface area (Å²) in [5, 5.41) is 1.49. The van der Waals surface area contributed by atoms with Crippen molar-refractivity contribution in [3.63, 3.8) is 0 Å². The first-order chi connectivity index (χ1) is 2.73. The van der Waals surface area contributed by atoms with Crippen molar-refractivity contribution in [3.8, 4) is 0 Å². The Bertz CT molecular complexity index is 75.9. The highest BCUT2D eigenvalue weighted by atomic mass is 31.1. The number of rotatable bonds is 0. The van der Waals surface area contributed by atoms with E-state index in [4.69, 9.17) is 0 Å². The zero-order valence-corrected chi connectivity index (χ0v) is 5.13. The van der Waals surface area contributed by atoms with Gasteiger partial charge in [-0.3, -0.25) is 0 Å². The van der Waals surface area contributed by atoms with Crippen LogP contribution in [0.1, 0.15) is 6.92 Å². The summed E-state index contributed by atoms with van der Waals surface area (Å²) in [4.78, 5) is 0. The second-order valence-electron chi connectivity index (χ2n) is 1.78. The highest BCUT2D eigenvalue weighted by molar-refractivity contribution is 7.71. The second-order valence-corrected chi connectivity index (χ2v) is 4.35. The van der Waals surface area contributed by atoms with E-state index in [0.717, 1.165) is 5.66 Å². The molecular weight excluding hydrogens is 91.0 g/mol. The number of hydrogen-bond acceptors (Lipinski definition) is 0. The Morgan fingerprint density at radius 2 is 2.00 bits per heavy atom. The molecule has 1 saturated heterocycles. The van der Waals surface area contributed by atoms with Crippen LogP contribution < -0.4 is 0 Å². The molecule has 0 N–H and O–H groups in total. The molecule has 1 fully saturated rings. The Labute approximate surface area is 40.0 Å². The van der Waals surface area contributed by atoms with Crippen molar-refractivity contribution in [1.82, 2.24) is 0 Å². The molecule has 2 unspecified atom stereocenters. The summed E-state index contributed by atoms with van der Waals surface area (Å²) in [6, 6.07) is 0. The molecule has 1 aliphatic rings. The van der Waals surface area contributed by atoms with Crippen LogP contribution in [0, 0.1) is 0 Å². The van der Waals surface area contributed by atoms with Crippen molar-refractivity contribution in [3.05, 3.63) is 11.9 Å². The van der Waals surface area contributed by atoms with E-state index in [2.05, 4.69) is 20.2 Å². The van der Waals surface area contributed by atoms with Gasteiger partial charge in [-0.15, -0.1) is 0 Å². The average Bonchev–Trinajstić information content (AvgIpc) is 1.94. The van der Waals surface area contributed by atoms with Crippen LogP contribution in [-0.4, -0.2) is 12.3 Å². The highest BCUT2D eigenvalue weighted by Crippen LogP contribution is 2.66. The van der Waals surface area contributed by atoms with E-state index in [9.17, 15) is 0 Å². The molecule has 0 spiro atoms. The fourth-order valence-corrected chi connectivity index (χ4v) is 1.82. The second kappa shape index (κ2) is 1.07. The van der Waals surface area contributed by atoms with Crippen LogP contribution in [0.3, 0.4) is 0 Å². The van der Waals surface area contributed by atoms with E-state index >= 15 is 0 Å². The lowest BCUT2D eigenvalue weighted by Crippen LogP contribution is -1.57. The van der Waals surface area contributed by atoms with Gasteiger partial charge in [-0.05, 0) is 12.0 Å². The summed E-state index contributed by atoms with van der Waals surface area (Å²) in [5.41, 5.74) is 0.889. The van der Waals surface area contributed by atoms with Crippen LogP contribution in [-0.2, 0) is 0 Å². The first-order valence-electron chi connectivity index (χ1n) is 2.15. The molecule has 0 saturated carbocycles. The van der Waals surface area contributed by atoms with Gasteiger partial charge >= 0.3 is 0 Å². The molecule has 0 aliphatic carbocycles. The van der Waals surface area contributed by atoms with Gasteiger partial charge in [0.05, 0.1) is 0 Å². The maximum Gasteiger partial charge on any atom is 0.00467 e. The van der Waals surface area contributed by atoms with Gasteiger partial charge in [-0.1, -0.05) is 21.4 Å². The predicted molar refractivity (Wildman–Crippen MR) is 31.4 cm³/mol. The minimum Gasteiger partial charge on any atom is -0.0947 e. The van der Waals surface area contributed by atoms with Crippen LogP contribution in [0.15, 0.2) is 11.9 Å². The van der Waals surface area contributed by atoms with Gasteiger partial charge in [0.1, 0.15) is 0 Å². The molecule has 0 aromatic rings. The van der Waals surface area contributed by atoms with Crippen molar-refractivity contribution in [2.24, 2.45) is 0 Å². The van der Waals surface area contributed by atoms with Gasteiger partial charge in [-0.25, -0.2) is 0 Å². The molecule has 6 heavy (non-hydrogen) atoms. The lowest BCUT2D eigenvalue weighted by molar-refractivity contribution is 1.32. The van der Waals surface area contributed by atoms with E-state index in [1.54, 1.807) is 0 Å². The summed E-state index contributed by atoms with van der Waals surface area (Å²) in [5.74, 6) is 0. The molecule has 1 aliphatic heterocycles. The standard InChI is InChI=1S/C5H9P/c1-4-5(2)6(4)3/h5H,1H2,2-3H3. The average molecular weight is 100 g/mol. The molecule has 1 heteroatoms. The molecule has 1 rings (SSSR count). The summed E-state index contributed by atoms with van der Waals surface area (Å²) in [6.07, 6.45) is 0. The molecule has 0 aromatic carbocycles. The van der Waals surface area contributed by atoms with Gasteiger partial charge in [0.15, 0.2) is 0 Å². The van der Waals surface area contributed by atoms with Crippen LogP contribution in [0.2, 0.25) is 0 Å². The van der Waals surface area contributed by atoms with Crippen molar-refractivity contribution in [2.75, 3.05) is 6.66 Å². The largest absolute Gasteiger partial charge is 0.0947 e. The Morgan fingerprint density at radius 3 is 2.00 bits per heavy atom. The van der Waals surface area contributed by atoms with Crippen molar-refractivity contribution in [2.45, 2.75) is 12.6 Å². The van der Waals surface area contributed by atoms with Crippen LogP contribution in [0.4, 0.5) is 0 Å². The predicted octanol–water partition coefficient (Wildman–Crippen LogP) is 2.01. The van der Waals surface area contributed by atoms with Gasteiger partial charge in [-0.2, -0.15) is 0 Å². The topological polar surface area (TPSA) is 0 Å². The molecule has 1 heterocycles. The zero-order valence-electron chi connectivity index (χ0n) is 4.23. The van der Waals surface area contributed by atoms with Gasteiger partial charge in [0.2, 0.25) is 0 Å². The molecular formula is C5H9P. The first-order valence-corrected chi connectivity index (χ1v) is 4.01. The maximum absolute atomic E-state index is 3.86. The third kappa shape index (κ3) is 0.405. The molecule has 0 bridgehead atoms. The molecule has 34 valence electrons. The smallest absolute Gasteiger partial charge is 0.00467 e. The van der Waals surface area contributed by atoms with Crippen LogP contribution >= 0.6 is 7.92 Å². The van der Waals surface area contributed by atoms with E-state index in [1.165, 1.54) is 5.31 Å². The van der Waals surface area contributed by atoms with Crippen molar-refractivity contribution < 1.29 is 0 Å². The number of allylic oxidation sites excluding steroid dienone is 1. The monoisotopic (exact) mass is 100 g/mol. The Hall–Kier alpha value is 0.170. The van der Waals surface area contributed by atoms with E-state index < -0.39 is 0 Å². The third-order valence-electron chi connectivity index (χ3n) is 1.45. The summed E-state index contributed by atoms with van der Waals surface area (Å²) < 4.78 is 0. The SMILES string of the molecule is C=C1C(C)P1C. The van der Waals surface area contributed by atoms with Crippen LogP contribution in [0.25, 0.3) is 0 Å². The molecule has 0 nitrogen and oxygen atoms in total. The van der Waals surface area contributed by atoms with Gasteiger partial charge < -0.3 is 0 Å². The Morgan fingerprint density at radius 1 is 1.83 bits per heavy atom. The summed E-state index contributed by atoms with van der Waals surface area (Å²) >= 11 is 0. The minimum atomic E-state index is 0.313. The Kier molecular flexibility index (Phi) is 0.772. The molecule has 0 radical (unpaired) electrons. The molecule has 2 atom stereocenters. The summed E-state index contributed by atoms with van der Waals surface area (Å²) in [6.45, 7) is 8.38. The van der Waals surface area contributed by atoms with Crippen molar-refractivity contribution >= 4 is 7.92 Å². The maximum atomic E-state index is 3.86. The fraction of sp³-hybridized carbons (Fsp3) is 0.600. The Balaban J connectivity index is 2.51. The zero-order chi connectivity index (χ0) is 4.73. The van der Waals surface area contributed by atoms with E-state index in [0.29, 0.717) is 7.92 Å². The minimum absolute atomic E-state index is 0.313. The molecule has 0 amide bonds. The normalized spacial score (nSPS) is 43.3. The molecule has 0 aromatic heterocycles. The van der Waals surface area contributed by atoms with E-state index in [1.807, 2.05) is 0 Å². The van der Waals surface area contributed by atoms with E-state index in [-0.39, 0.29) is 0 Å². The van der Waals surface area contributed by atoms with Gasteiger partial charge in [0.25, 0.3) is 0 Å².